The summed E-state index contributed by atoms with van der Waals surface area (Å²) in [7, 11) is 0. The number of aliphatic hydroxyl groups is 1. The van der Waals surface area contributed by atoms with Crippen LogP contribution < -0.4 is 5.32 Å². The standard InChI is InChI=1S/C40H39F3N2O7S/c1-24-33(23-53-34-11-5-4-9-31(34)37(48)49)51-38(52-35(24)27-14-12-25(22-46)13-15-27)28-18-16-26(17-19-28)30-8-3-2-7-29(30)21-44-36(47)32-10-6-20-45(32)39(50)40(41,42)43/h2-5,7-9,11-19,24,32-33,35,38,46H,6,10,20-23H2,1H3,(H,44,47)(H,48,49). The van der Waals surface area contributed by atoms with Crippen LogP contribution in [0.15, 0.2) is 102 Å². The Balaban J connectivity index is 1.19. The number of carboxylic acid groups (broad SMARTS) is 1. The molecule has 9 nitrogen and oxygen atoms in total. The summed E-state index contributed by atoms with van der Waals surface area (Å²) in [5.41, 5.74) is 5.03. The predicted octanol–water partition coefficient (Wildman–Crippen LogP) is 7.30. The van der Waals surface area contributed by atoms with Crippen LogP contribution in [0.25, 0.3) is 11.1 Å². The summed E-state index contributed by atoms with van der Waals surface area (Å²) in [5, 5.41) is 22.0. The first-order chi connectivity index (χ1) is 25.4. The number of halogens is 3. The van der Waals surface area contributed by atoms with Crippen LogP contribution in [0.5, 0.6) is 0 Å². The SMILES string of the molecule is CC1C(CSc2ccccc2C(=O)O)OC(c2ccc(-c3ccccc3CNC(=O)C3CCCN3C(=O)C(F)(F)F)cc2)OC1c1ccc(CO)cc1. The van der Waals surface area contributed by atoms with Gasteiger partial charge in [0.15, 0.2) is 6.29 Å². The quantitative estimate of drug-likeness (QED) is 0.137. The number of carbonyl (C=O) groups excluding carboxylic acids is 2. The van der Waals surface area contributed by atoms with E-state index in [2.05, 4.69) is 5.32 Å². The lowest BCUT2D eigenvalue weighted by Gasteiger charge is -2.41. The van der Waals surface area contributed by atoms with Crippen LogP contribution in [0.4, 0.5) is 13.2 Å². The third-order valence-electron chi connectivity index (χ3n) is 9.67. The summed E-state index contributed by atoms with van der Waals surface area (Å²) >= 11 is 1.41. The Bertz CT molecular complexity index is 1920. The molecule has 0 aromatic heterocycles. The molecule has 0 aliphatic carbocycles. The van der Waals surface area contributed by atoms with Crippen LogP contribution in [0.2, 0.25) is 0 Å². The van der Waals surface area contributed by atoms with E-state index in [1.165, 1.54) is 11.8 Å². The van der Waals surface area contributed by atoms with Crippen molar-refractivity contribution >= 4 is 29.5 Å². The first-order valence-electron chi connectivity index (χ1n) is 17.2. The molecule has 2 fully saturated rings. The fourth-order valence-electron chi connectivity index (χ4n) is 6.77. The second kappa shape index (κ2) is 16.5. The highest BCUT2D eigenvalue weighted by Crippen LogP contribution is 2.43. The van der Waals surface area contributed by atoms with Gasteiger partial charge in [0.25, 0.3) is 0 Å². The van der Waals surface area contributed by atoms with Crippen molar-refractivity contribution in [3.05, 3.63) is 125 Å². The molecule has 13 heteroatoms. The third-order valence-corrected chi connectivity index (χ3v) is 10.8. The van der Waals surface area contributed by atoms with Crippen LogP contribution in [0.1, 0.15) is 64.8 Å². The maximum atomic E-state index is 13.1. The van der Waals surface area contributed by atoms with Crippen molar-refractivity contribution < 1.29 is 47.2 Å². The number of alkyl halides is 3. The van der Waals surface area contributed by atoms with E-state index in [9.17, 15) is 37.8 Å². The average Bonchev–Trinajstić information content (AvgIpc) is 3.66. The second-order valence-electron chi connectivity index (χ2n) is 13.1. The van der Waals surface area contributed by atoms with Crippen molar-refractivity contribution in [3.8, 4) is 11.1 Å². The van der Waals surface area contributed by atoms with Crippen LogP contribution >= 0.6 is 11.8 Å². The highest BCUT2D eigenvalue weighted by molar-refractivity contribution is 7.99. The molecule has 53 heavy (non-hydrogen) atoms. The van der Waals surface area contributed by atoms with Crippen molar-refractivity contribution in [1.82, 2.24) is 10.2 Å². The molecule has 4 aromatic rings. The first-order valence-corrected chi connectivity index (χ1v) is 18.2. The number of nitrogens with one attached hydrogen (secondary N) is 1. The minimum Gasteiger partial charge on any atom is -0.478 e. The molecule has 5 atom stereocenters. The fourth-order valence-corrected chi connectivity index (χ4v) is 7.98. The molecule has 4 aromatic carbocycles. The van der Waals surface area contributed by atoms with E-state index in [0.717, 1.165) is 33.4 Å². The third kappa shape index (κ3) is 8.76. The van der Waals surface area contributed by atoms with Crippen LogP contribution in [0.3, 0.4) is 0 Å². The molecule has 6 rings (SSSR count). The lowest BCUT2D eigenvalue weighted by atomic mass is 9.91. The Kier molecular flexibility index (Phi) is 11.9. The number of benzene rings is 4. The summed E-state index contributed by atoms with van der Waals surface area (Å²) in [6.45, 7) is 1.88. The number of likely N-dealkylation sites (tertiary alicyclic amines) is 1. The van der Waals surface area contributed by atoms with Gasteiger partial charge < -0.3 is 29.9 Å². The molecule has 2 amide bonds. The van der Waals surface area contributed by atoms with Gasteiger partial charge in [0.05, 0.1) is 24.4 Å². The molecule has 278 valence electrons. The Hall–Kier alpha value is -4.69. The van der Waals surface area contributed by atoms with Gasteiger partial charge in [-0.3, -0.25) is 9.59 Å². The van der Waals surface area contributed by atoms with Crippen molar-refractivity contribution in [2.75, 3.05) is 12.3 Å². The van der Waals surface area contributed by atoms with Gasteiger partial charge in [-0.05, 0) is 52.8 Å². The zero-order valence-corrected chi connectivity index (χ0v) is 29.6. The van der Waals surface area contributed by atoms with E-state index in [1.54, 1.807) is 30.3 Å². The monoisotopic (exact) mass is 748 g/mol. The van der Waals surface area contributed by atoms with Gasteiger partial charge in [0, 0.05) is 35.2 Å². The molecule has 2 heterocycles. The predicted molar refractivity (Wildman–Crippen MR) is 192 cm³/mol. The Labute approximate surface area is 309 Å². The summed E-state index contributed by atoms with van der Waals surface area (Å²) in [4.78, 5) is 37.9. The number of aliphatic hydroxyl groups excluding tert-OH is 1. The normalized spacial score (nSPS) is 21.7. The lowest BCUT2D eigenvalue weighted by molar-refractivity contribution is -0.268. The van der Waals surface area contributed by atoms with Gasteiger partial charge in [-0.2, -0.15) is 13.2 Å². The van der Waals surface area contributed by atoms with Crippen LogP contribution in [-0.4, -0.2) is 63.5 Å². The molecule has 2 saturated heterocycles. The number of thioether (sulfide) groups is 1. The molecular weight excluding hydrogens is 710 g/mol. The fraction of sp³-hybridized carbons (Fsp3) is 0.325. The topological polar surface area (TPSA) is 125 Å². The van der Waals surface area contributed by atoms with Gasteiger partial charge >= 0.3 is 18.1 Å². The molecule has 0 spiro atoms. The number of ether oxygens (including phenoxy) is 2. The molecule has 5 unspecified atom stereocenters. The highest BCUT2D eigenvalue weighted by atomic mass is 32.2. The summed E-state index contributed by atoms with van der Waals surface area (Å²) in [6, 6.07) is 28.2. The van der Waals surface area contributed by atoms with Crippen molar-refractivity contribution in [1.29, 1.82) is 0 Å². The van der Waals surface area contributed by atoms with E-state index >= 15 is 0 Å². The minimum atomic E-state index is -5.05. The molecule has 2 aliphatic rings. The molecule has 2 aliphatic heterocycles. The maximum absolute atomic E-state index is 13.1. The first kappa shape index (κ1) is 38.0. The van der Waals surface area contributed by atoms with Crippen molar-refractivity contribution in [2.45, 2.75) is 68.5 Å². The summed E-state index contributed by atoms with van der Waals surface area (Å²) in [6.07, 6.45) is -6.03. The molecule has 3 N–H and O–H groups in total. The van der Waals surface area contributed by atoms with E-state index in [1.807, 2.05) is 73.7 Å². The van der Waals surface area contributed by atoms with E-state index < -0.39 is 36.3 Å². The van der Waals surface area contributed by atoms with E-state index in [0.29, 0.717) is 22.0 Å². The summed E-state index contributed by atoms with van der Waals surface area (Å²) in [5.74, 6) is -3.28. The number of hydrogen-bond acceptors (Lipinski definition) is 7. The lowest BCUT2D eigenvalue weighted by Crippen LogP contribution is -2.50. The van der Waals surface area contributed by atoms with Crippen molar-refractivity contribution in [3.63, 3.8) is 0 Å². The Morgan fingerprint density at radius 2 is 1.58 bits per heavy atom. The number of carbonyl (C=O) groups is 3. The number of nitrogens with zero attached hydrogens (tertiary/aromatic N) is 1. The number of hydrogen-bond donors (Lipinski definition) is 3. The van der Waals surface area contributed by atoms with Gasteiger partial charge in [-0.15, -0.1) is 11.8 Å². The van der Waals surface area contributed by atoms with Crippen molar-refractivity contribution in [2.24, 2.45) is 5.92 Å². The van der Waals surface area contributed by atoms with Gasteiger partial charge in [-0.25, -0.2) is 4.79 Å². The zero-order chi connectivity index (χ0) is 37.7. The Morgan fingerprint density at radius 3 is 2.28 bits per heavy atom. The second-order valence-corrected chi connectivity index (χ2v) is 14.1. The summed E-state index contributed by atoms with van der Waals surface area (Å²) < 4.78 is 52.5. The molecule has 0 saturated carbocycles. The van der Waals surface area contributed by atoms with Gasteiger partial charge in [0.2, 0.25) is 5.91 Å². The number of rotatable bonds is 11. The van der Waals surface area contributed by atoms with Gasteiger partial charge in [0.1, 0.15) is 6.04 Å². The molecule has 0 bridgehead atoms. The highest BCUT2D eigenvalue weighted by Gasteiger charge is 2.47. The van der Waals surface area contributed by atoms with E-state index in [4.69, 9.17) is 9.47 Å². The number of amides is 2. The smallest absolute Gasteiger partial charge is 0.471 e. The molecule has 0 radical (unpaired) electrons. The zero-order valence-electron chi connectivity index (χ0n) is 28.8. The van der Waals surface area contributed by atoms with Crippen LogP contribution in [0, 0.1) is 5.92 Å². The molecular formula is C40H39F3N2O7S. The Morgan fingerprint density at radius 1 is 0.906 bits per heavy atom. The largest absolute Gasteiger partial charge is 0.478 e. The minimum absolute atomic E-state index is 0.0507. The number of carboxylic acids is 1. The number of aromatic carboxylic acids is 1. The van der Waals surface area contributed by atoms with Gasteiger partial charge in [-0.1, -0.05) is 91.9 Å². The maximum Gasteiger partial charge on any atom is 0.471 e. The van der Waals surface area contributed by atoms with Crippen LogP contribution in [-0.2, 0) is 32.2 Å². The average molecular weight is 749 g/mol. The van der Waals surface area contributed by atoms with E-state index in [-0.39, 0.29) is 49.8 Å².